The zero-order valence-corrected chi connectivity index (χ0v) is 16.3. The molecule has 6 heteroatoms. The first-order valence-electron chi connectivity index (χ1n) is 7.54. The zero-order chi connectivity index (χ0) is 17.7. The van der Waals surface area contributed by atoms with E-state index in [0.717, 1.165) is 32.8 Å². The first kappa shape index (κ1) is 18.7. The number of aryl methyl sites for hydroxylation is 2. The Kier molecular flexibility index (Phi) is 6.60. The highest BCUT2D eigenvalue weighted by Crippen LogP contribution is 2.27. The molecule has 0 aliphatic carbocycles. The maximum absolute atomic E-state index is 10.2. The minimum absolute atomic E-state index is 0.0298. The molecule has 0 saturated carbocycles. The number of benzene rings is 2. The molecule has 1 N–H and O–H groups in total. The third-order valence-electron chi connectivity index (χ3n) is 3.65. The second-order valence-corrected chi connectivity index (χ2v) is 6.56. The van der Waals surface area contributed by atoms with E-state index in [1.54, 1.807) is 6.07 Å². The van der Waals surface area contributed by atoms with Crippen LogP contribution in [0.2, 0.25) is 0 Å². The van der Waals surface area contributed by atoms with Crippen LogP contribution in [0.3, 0.4) is 0 Å². The number of methoxy groups -OCH3 is 1. The van der Waals surface area contributed by atoms with Gasteiger partial charge in [-0.1, -0.05) is 41.1 Å². The van der Waals surface area contributed by atoms with Gasteiger partial charge in [-0.25, -0.2) is 0 Å². The molecule has 0 atom stereocenters. The van der Waals surface area contributed by atoms with E-state index in [1.807, 2.05) is 25.1 Å². The number of hydrogen-bond acceptors (Lipinski definition) is 4. The molecule has 0 heterocycles. The van der Waals surface area contributed by atoms with Gasteiger partial charge in [0.1, 0.15) is 12.4 Å². The summed E-state index contributed by atoms with van der Waals surface area (Å²) in [6, 6.07) is 11.7. The molecule has 0 aromatic heterocycles. The fourth-order valence-electron chi connectivity index (χ4n) is 2.29. The highest BCUT2D eigenvalue weighted by Gasteiger charge is 2.15. The molecule has 0 amide bonds. The maximum atomic E-state index is 10.2. The topological polar surface area (TPSA) is 41.9 Å². The maximum Gasteiger partial charge on any atom is 0.288 e. The lowest BCUT2D eigenvalue weighted by Gasteiger charge is -2.20. The molecule has 0 unspecified atom stereocenters. The van der Waals surface area contributed by atoms with Crippen LogP contribution in [0, 0.1) is 6.92 Å². The van der Waals surface area contributed by atoms with Crippen LogP contribution in [-0.4, -0.2) is 17.5 Å². The number of hydroxylamine groups is 1. The average molecular weight is 410 g/mol. The van der Waals surface area contributed by atoms with Crippen molar-refractivity contribution in [3.63, 3.8) is 0 Å². The molecule has 2 aromatic rings. The Morgan fingerprint density at radius 3 is 2.62 bits per heavy atom. The molecule has 4 nitrogen and oxygen atoms in total. The Balaban J connectivity index is 2.22. The average Bonchev–Trinajstić information content (AvgIpc) is 2.59. The van der Waals surface area contributed by atoms with E-state index >= 15 is 0 Å². The van der Waals surface area contributed by atoms with Gasteiger partial charge in [-0.2, -0.15) is 5.06 Å². The lowest BCUT2D eigenvalue weighted by atomic mass is 10.1. The number of halogens is 1. The van der Waals surface area contributed by atoms with Crippen molar-refractivity contribution in [3.8, 4) is 5.75 Å². The Hall–Kier alpha value is -1.63. The van der Waals surface area contributed by atoms with Crippen molar-refractivity contribution in [1.82, 2.24) is 0 Å². The Bertz CT molecular complexity index is 736. The lowest BCUT2D eigenvalue weighted by Crippen LogP contribution is -2.27. The Morgan fingerprint density at radius 1 is 1.25 bits per heavy atom. The van der Waals surface area contributed by atoms with Gasteiger partial charge in [0, 0.05) is 10.0 Å². The van der Waals surface area contributed by atoms with Crippen LogP contribution in [0.5, 0.6) is 5.75 Å². The van der Waals surface area contributed by atoms with E-state index < -0.39 is 0 Å². The predicted molar refractivity (Wildman–Crippen MR) is 103 cm³/mol. The SMILES string of the molecule is CCc1ccc(OCc2ccc(Br)cc2N(O)C(=S)OC)c(C)c1. The summed E-state index contributed by atoms with van der Waals surface area (Å²) in [5.74, 6) is 0.819. The lowest BCUT2D eigenvalue weighted by molar-refractivity contribution is 0.264. The van der Waals surface area contributed by atoms with Gasteiger partial charge in [0.15, 0.2) is 0 Å². The summed E-state index contributed by atoms with van der Waals surface area (Å²) >= 11 is 8.38. The van der Waals surface area contributed by atoms with E-state index in [1.165, 1.54) is 12.7 Å². The Morgan fingerprint density at radius 2 is 2.00 bits per heavy atom. The van der Waals surface area contributed by atoms with Gasteiger partial charge in [0.05, 0.1) is 12.8 Å². The summed E-state index contributed by atoms with van der Waals surface area (Å²) < 4.78 is 11.7. The van der Waals surface area contributed by atoms with Crippen molar-refractivity contribution < 1.29 is 14.7 Å². The van der Waals surface area contributed by atoms with Crippen LogP contribution in [0.15, 0.2) is 40.9 Å². The fourth-order valence-corrected chi connectivity index (χ4v) is 2.74. The van der Waals surface area contributed by atoms with Crippen molar-refractivity contribution in [1.29, 1.82) is 0 Å². The molecule has 0 bridgehead atoms. The molecule has 0 aliphatic rings. The van der Waals surface area contributed by atoms with Gasteiger partial charge in [0.2, 0.25) is 0 Å². The standard InChI is InChI=1S/C18H20BrNO3S/c1-4-13-5-8-17(12(2)9-13)23-11-14-6-7-15(19)10-16(14)20(21)18(24)22-3/h5-10,21H,4,11H2,1-3H3. The van der Waals surface area contributed by atoms with Gasteiger partial charge in [-0.05, 0) is 54.9 Å². The number of rotatable bonds is 5. The van der Waals surface area contributed by atoms with Gasteiger partial charge in [-0.15, -0.1) is 0 Å². The van der Waals surface area contributed by atoms with Crippen molar-refractivity contribution >= 4 is 39.0 Å². The number of nitrogens with zero attached hydrogens (tertiary/aromatic N) is 1. The van der Waals surface area contributed by atoms with Crippen molar-refractivity contribution in [2.45, 2.75) is 26.9 Å². The highest BCUT2D eigenvalue weighted by molar-refractivity contribution is 9.10. The predicted octanol–water partition coefficient (Wildman–Crippen LogP) is 5.03. The molecule has 128 valence electrons. The molecule has 0 radical (unpaired) electrons. The summed E-state index contributed by atoms with van der Waals surface area (Å²) in [7, 11) is 1.42. The van der Waals surface area contributed by atoms with Crippen LogP contribution < -0.4 is 9.80 Å². The fraction of sp³-hybridized carbons (Fsp3) is 0.278. The normalized spacial score (nSPS) is 10.4. The quantitative estimate of drug-likeness (QED) is 0.554. The van der Waals surface area contributed by atoms with Crippen LogP contribution in [0.4, 0.5) is 5.69 Å². The largest absolute Gasteiger partial charge is 0.489 e. The summed E-state index contributed by atoms with van der Waals surface area (Å²) in [5, 5.41) is 11.0. The first-order chi connectivity index (χ1) is 11.5. The molecular formula is C18H20BrNO3S. The number of ether oxygens (including phenoxy) is 2. The summed E-state index contributed by atoms with van der Waals surface area (Å²) in [5.41, 5.74) is 3.66. The van der Waals surface area contributed by atoms with Crippen molar-refractivity contribution in [2.75, 3.05) is 12.2 Å². The summed E-state index contributed by atoms with van der Waals surface area (Å²) in [6.45, 7) is 4.45. The van der Waals surface area contributed by atoms with E-state index in [9.17, 15) is 5.21 Å². The number of hydrogen-bond donors (Lipinski definition) is 1. The molecule has 0 saturated heterocycles. The van der Waals surface area contributed by atoms with E-state index in [-0.39, 0.29) is 5.17 Å². The summed E-state index contributed by atoms with van der Waals surface area (Å²) in [6.07, 6.45) is 0.992. The van der Waals surface area contributed by atoms with Gasteiger partial charge < -0.3 is 9.47 Å². The second-order valence-electron chi connectivity index (χ2n) is 5.30. The van der Waals surface area contributed by atoms with Gasteiger partial charge in [-0.3, -0.25) is 5.21 Å². The summed E-state index contributed by atoms with van der Waals surface area (Å²) in [4.78, 5) is 0. The Labute approximate surface area is 156 Å². The van der Waals surface area contributed by atoms with Crippen LogP contribution in [-0.2, 0) is 17.8 Å². The van der Waals surface area contributed by atoms with E-state index in [0.29, 0.717) is 12.3 Å². The number of anilines is 1. The monoisotopic (exact) mass is 409 g/mol. The molecule has 0 aliphatic heterocycles. The molecule has 24 heavy (non-hydrogen) atoms. The van der Waals surface area contributed by atoms with E-state index in [4.69, 9.17) is 21.7 Å². The van der Waals surface area contributed by atoms with Crippen molar-refractivity contribution in [2.24, 2.45) is 0 Å². The van der Waals surface area contributed by atoms with Crippen LogP contribution in [0.25, 0.3) is 0 Å². The molecule has 0 spiro atoms. The highest BCUT2D eigenvalue weighted by atomic mass is 79.9. The number of thiocarbonyl (C=S) groups is 1. The first-order valence-corrected chi connectivity index (χ1v) is 8.74. The zero-order valence-electron chi connectivity index (χ0n) is 13.9. The minimum Gasteiger partial charge on any atom is -0.489 e. The van der Waals surface area contributed by atoms with Gasteiger partial charge >= 0.3 is 0 Å². The smallest absolute Gasteiger partial charge is 0.288 e. The third kappa shape index (κ3) is 4.47. The van der Waals surface area contributed by atoms with Crippen LogP contribution >= 0.6 is 28.1 Å². The third-order valence-corrected chi connectivity index (χ3v) is 4.49. The minimum atomic E-state index is -0.0298. The van der Waals surface area contributed by atoms with Crippen LogP contribution in [0.1, 0.15) is 23.6 Å². The van der Waals surface area contributed by atoms with Gasteiger partial charge in [0.25, 0.3) is 5.17 Å². The molecule has 2 aromatic carbocycles. The molecule has 2 rings (SSSR count). The van der Waals surface area contributed by atoms with Crippen molar-refractivity contribution in [3.05, 3.63) is 57.6 Å². The van der Waals surface area contributed by atoms with E-state index in [2.05, 4.69) is 35.0 Å². The molecule has 0 fully saturated rings. The molecular weight excluding hydrogens is 390 g/mol. The second kappa shape index (κ2) is 8.46.